The number of H-pyrrole nitrogens is 1. The number of carbonyl (C=O) groups is 1. The maximum Gasteiger partial charge on any atom is 0.270 e. The molecule has 130 valence electrons. The molecule has 0 unspecified atom stereocenters. The lowest BCUT2D eigenvalue weighted by molar-refractivity contribution is 0.102. The van der Waals surface area contributed by atoms with Crippen molar-refractivity contribution in [3.63, 3.8) is 0 Å². The highest BCUT2D eigenvalue weighted by Gasteiger charge is 2.19. The molecule has 2 N–H and O–H groups in total. The van der Waals surface area contributed by atoms with Gasteiger partial charge in [-0.1, -0.05) is 6.07 Å². The zero-order valence-corrected chi connectivity index (χ0v) is 14.8. The van der Waals surface area contributed by atoms with Crippen LogP contribution in [0.2, 0.25) is 0 Å². The minimum absolute atomic E-state index is 0.179. The van der Waals surface area contributed by atoms with Gasteiger partial charge in [0.25, 0.3) is 5.91 Å². The number of nitrogens with one attached hydrogen (secondary N) is 2. The zero-order chi connectivity index (χ0) is 18.1. The maximum absolute atomic E-state index is 12.5. The quantitative estimate of drug-likeness (QED) is 0.572. The van der Waals surface area contributed by atoms with Crippen molar-refractivity contribution in [2.75, 3.05) is 5.32 Å². The third-order valence-electron chi connectivity index (χ3n) is 3.57. The highest BCUT2D eigenvalue weighted by Crippen LogP contribution is 2.29. The van der Waals surface area contributed by atoms with E-state index >= 15 is 0 Å². The molecule has 1 amide bonds. The number of thiazole rings is 1. The Hall–Kier alpha value is -3.33. The number of furan rings is 1. The van der Waals surface area contributed by atoms with E-state index in [1.54, 1.807) is 19.2 Å². The molecule has 0 bridgehead atoms. The summed E-state index contributed by atoms with van der Waals surface area (Å²) in [7, 11) is 0. The Bertz CT molecular complexity index is 1070. The van der Waals surface area contributed by atoms with Crippen molar-refractivity contribution >= 4 is 23.2 Å². The first-order valence-electron chi connectivity index (χ1n) is 7.79. The fourth-order valence-corrected chi connectivity index (χ4v) is 3.28. The molecule has 4 rings (SSSR count). The SMILES string of the molecule is Cc1ccc(-c2nc(C)c(C(=O)Nc3n[nH]c(-c4ccccn4)n3)s2)o1. The van der Waals surface area contributed by atoms with E-state index in [-0.39, 0.29) is 11.9 Å². The molecule has 0 aliphatic rings. The van der Waals surface area contributed by atoms with Gasteiger partial charge in [0.2, 0.25) is 5.95 Å². The Morgan fingerprint density at radius 2 is 2.08 bits per heavy atom. The maximum atomic E-state index is 12.5. The van der Waals surface area contributed by atoms with Crippen molar-refractivity contribution in [2.45, 2.75) is 13.8 Å². The second kappa shape index (κ2) is 6.52. The molecule has 8 nitrogen and oxygen atoms in total. The lowest BCUT2D eigenvalue weighted by Crippen LogP contribution is -2.12. The fraction of sp³-hybridized carbons (Fsp3) is 0.118. The van der Waals surface area contributed by atoms with Crippen molar-refractivity contribution in [1.29, 1.82) is 0 Å². The highest BCUT2D eigenvalue weighted by atomic mass is 32.1. The standard InChI is InChI=1S/C17H14N6O2S/c1-9-6-7-12(25-9)16-19-10(2)13(26-16)15(24)21-17-20-14(22-23-17)11-5-3-4-8-18-11/h3-8H,1-2H3,(H2,20,21,22,23,24). The first-order chi connectivity index (χ1) is 12.6. The molecule has 0 atom stereocenters. The number of aromatic amines is 1. The second-order valence-corrected chi connectivity index (χ2v) is 6.52. The van der Waals surface area contributed by atoms with Gasteiger partial charge >= 0.3 is 0 Å². The summed E-state index contributed by atoms with van der Waals surface area (Å²) in [5.41, 5.74) is 1.27. The number of anilines is 1. The van der Waals surface area contributed by atoms with Crippen LogP contribution >= 0.6 is 11.3 Å². The van der Waals surface area contributed by atoms with Gasteiger partial charge in [0.15, 0.2) is 16.6 Å². The molecule has 0 aliphatic carbocycles. The van der Waals surface area contributed by atoms with Crippen LogP contribution in [-0.4, -0.2) is 31.1 Å². The summed E-state index contributed by atoms with van der Waals surface area (Å²) in [4.78, 5) is 25.9. The molecule has 4 aromatic heterocycles. The van der Waals surface area contributed by atoms with Crippen LogP contribution in [0.4, 0.5) is 5.95 Å². The van der Waals surface area contributed by atoms with E-state index in [1.165, 1.54) is 11.3 Å². The van der Waals surface area contributed by atoms with Crippen molar-refractivity contribution in [1.82, 2.24) is 25.1 Å². The summed E-state index contributed by atoms with van der Waals surface area (Å²) in [6.07, 6.45) is 1.66. The zero-order valence-electron chi connectivity index (χ0n) is 14.0. The molecule has 0 saturated heterocycles. The van der Waals surface area contributed by atoms with Gasteiger partial charge in [0.05, 0.1) is 5.69 Å². The van der Waals surface area contributed by atoms with Gasteiger partial charge in [0, 0.05) is 6.20 Å². The van der Waals surface area contributed by atoms with Gasteiger partial charge in [-0.2, -0.15) is 4.98 Å². The van der Waals surface area contributed by atoms with E-state index in [2.05, 4.69) is 30.5 Å². The monoisotopic (exact) mass is 366 g/mol. The van der Waals surface area contributed by atoms with Crippen LogP contribution in [0.1, 0.15) is 21.1 Å². The summed E-state index contributed by atoms with van der Waals surface area (Å²) in [6.45, 7) is 3.64. The largest absolute Gasteiger partial charge is 0.459 e. The van der Waals surface area contributed by atoms with E-state index < -0.39 is 0 Å². The van der Waals surface area contributed by atoms with Gasteiger partial charge in [-0.3, -0.25) is 20.2 Å². The van der Waals surface area contributed by atoms with Gasteiger partial charge in [-0.05, 0) is 38.1 Å². The molecule has 0 fully saturated rings. The minimum Gasteiger partial charge on any atom is -0.459 e. The summed E-state index contributed by atoms with van der Waals surface area (Å²) in [6, 6.07) is 9.16. The van der Waals surface area contributed by atoms with Gasteiger partial charge < -0.3 is 4.42 Å². The third-order valence-corrected chi connectivity index (χ3v) is 4.74. The topological polar surface area (TPSA) is 110 Å². The van der Waals surface area contributed by atoms with E-state index in [9.17, 15) is 4.79 Å². The molecule has 0 spiro atoms. The van der Waals surface area contributed by atoms with E-state index in [0.29, 0.717) is 32.9 Å². The molecule has 9 heteroatoms. The summed E-state index contributed by atoms with van der Waals surface area (Å²) < 4.78 is 5.57. The normalized spacial score (nSPS) is 10.8. The highest BCUT2D eigenvalue weighted by molar-refractivity contribution is 7.17. The lowest BCUT2D eigenvalue weighted by Gasteiger charge is -1.97. The van der Waals surface area contributed by atoms with E-state index in [1.807, 2.05) is 31.2 Å². The molecule has 4 aromatic rings. The molecule has 0 aliphatic heterocycles. The number of amides is 1. The minimum atomic E-state index is -0.318. The molecule has 0 radical (unpaired) electrons. The Morgan fingerprint density at radius 3 is 2.81 bits per heavy atom. The van der Waals surface area contributed by atoms with Crippen LogP contribution in [0.25, 0.3) is 22.3 Å². The van der Waals surface area contributed by atoms with E-state index in [0.717, 1.165) is 5.76 Å². The van der Waals surface area contributed by atoms with Crippen LogP contribution in [0.5, 0.6) is 0 Å². The number of hydrogen-bond donors (Lipinski definition) is 2. The van der Waals surface area contributed by atoms with Crippen LogP contribution in [-0.2, 0) is 0 Å². The van der Waals surface area contributed by atoms with Crippen LogP contribution in [0.3, 0.4) is 0 Å². The Labute approximate surface area is 152 Å². The first-order valence-corrected chi connectivity index (χ1v) is 8.61. The average molecular weight is 366 g/mol. The van der Waals surface area contributed by atoms with Gasteiger partial charge in [-0.25, -0.2) is 4.98 Å². The number of nitrogens with zero attached hydrogens (tertiary/aromatic N) is 4. The Balaban J connectivity index is 1.54. The number of pyridine rings is 1. The van der Waals surface area contributed by atoms with Crippen molar-refractivity contribution in [2.24, 2.45) is 0 Å². The van der Waals surface area contributed by atoms with E-state index in [4.69, 9.17) is 4.42 Å². The summed E-state index contributed by atoms with van der Waals surface area (Å²) >= 11 is 1.26. The van der Waals surface area contributed by atoms with Gasteiger partial charge in [0.1, 0.15) is 16.3 Å². The Kier molecular flexibility index (Phi) is 4.05. The number of rotatable bonds is 4. The molecule has 4 heterocycles. The summed E-state index contributed by atoms with van der Waals surface area (Å²) in [5, 5.41) is 10.1. The predicted octanol–water partition coefficient (Wildman–Crippen LogP) is 3.45. The molecular weight excluding hydrogens is 352 g/mol. The predicted molar refractivity (Wildman–Crippen MR) is 96.9 cm³/mol. The number of aromatic nitrogens is 5. The molecule has 0 aromatic carbocycles. The average Bonchev–Trinajstić information content (AvgIpc) is 3.36. The lowest BCUT2D eigenvalue weighted by atomic mass is 10.3. The van der Waals surface area contributed by atoms with Crippen molar-refractivity contribution in [3.05, 3.63) is 52.9 Å². The number of aryl methyl sites for hydroxylation is 2. The molecule has 26 heavy (non-hydrogen) atoms. The smallest absolute Gasteiger partial charge is 0.270 e. The van der Waals surface area contributed by atoms with Crippen molar-refractivity contribution in [3.8, 4) is 22.3 Å². The summed E-state index contributed by atoms with van der Waals surface area (Å²) in [5.74, 6) is 1.78. The number of carbonyl (C=O) groups excluding carboxylic acids is 1. The Morgan fingerprint density at radius 1 is 1.19 bits per heavy atom. The molecular formula is C17H14N6O2S. The second-order valence-electron chi connectivity index (χ2n) is 5.52. The van der Waals surface area contributed by atoms with Crippen molar-refractivity contribution < 1.29 is 9.21 Å². The third kappa shape index (κ3) is 3.11. The van der Waals surface area contributed by atoms with Crippen LogP contribution in [0, 0.1) is 13.8 Å². The van der Waals surface area contributed by atoms with Crippen LogP contribution < -0.4 is 5.32 Å². The number of hydrogen-bond acceptors (Lipinski definition) is 7. The first kappa shape index (κ1) is 16.2. The fourth-order valence-electron chi connectivity index (χ4n) is 2.36. The van der Waals surface area contributed by atoms with Gasteiger partial charge in [-0.15, -0.1) is 16.4 Å². The van der Waals surface area contributed by atoms with Crippen LogP contribution in [0.15, 0.2) is 40.9 Å². The molecule has 0 saturated carbocycles.